The first-order valence-corrected chi connectivity index (χ1v) is 8.70. The smallest absolute Gasteiger partial charge is 0.0685 e. The van der Waals surface area contributed by atoms with Crippen LogP contribution in [-0.2, 0) is 4.74 Å². The number of ether oxygens (including phenoxy) is 1. The van der Waals surface area contributed by atoms with Gasteiger partial charge in [-0.2, -0.15) is 0 Å². The molecule has 3 atom stereocenters. The van der Waals surface area contributed by atoms with Crippen LogP contribution < -0.4 is 5.32 Å². The summed E-state index contributed by atoms with van der Waals surface area (Å²) in [6.07, 6.45) is 13.9. The maximum Gasteiger partial charge on any atom is 0.0685 e. The Morgan fingerprint density at radius 3 is 2.63 bits per heavy atom. The molecule has 0 aromatic carbocycles. The number of nitrogens with one attached hydrogen (secondary N) is 1. The van der Waals surface area contributed by atoms with Crippen LogP contribution in [0.15, 0.2) is 0 Å². The molecule has 3 rings (SSSR count). The summed E-state index contributed by atoms with van der Waals surface area (Å²) in [5.41, 5.74) is 0.325. The minimum atomic E-state index is 0.325. The highest BCUT2D eigenvalue weighted by atomic mass is 16.5. The average molecular weight is 265 g/mol. The second-order valence-corrected chi connectivity index (χ2v) is 7.10. The average Bonchev–Trinajstić information content (AvgIpc) is 2.63. The van der Waals surface area contributed by atoms with E-state index < -0.39 is 0 Å². The van der Waals surface area contributed by atoms with E-state index in [1.807, 2.05) is 0 Å². The molecule has 1 saturated heterocycles. The first-order valence-electron chi connectivity index (χ1n) is 8.70. The van der Waals surface area contributed by atoms with Gasteiger partial charge in [-0.1, -0.05) is 26.2 Å². The van der Waals surface area contributed by atoms with Gasteiger partial charge in [-0.3, -0.25) is 0 Å². The van der Waals surface area contributed by atoms with Crippen LogP contribution >= 0.6 is 0 Å². The van der Waals surface area contributed by atoms with Crippen LogP contribution in [0, 0.1) is 11.8 Å². The zero-order chi connectivity index (χ0) is 13.1. The summed E-state index contributed by atoms with van der Waals surface area (Å²) in [6.45, 7) is 4.43. The van der Waals surface area contributed by atoms with Crippen LogP contribution in [0.2, 0.25) is 0 Å². The number of hydrogen-bond donors (Lipinski definition) is 1. The zero-order valence-corrected chi connectivity index (χ0v) is 12.6. The Labute approximate surface area is 118 Å². The van der Waals surface area contributed by atoms with Crippen LogP contribution in [0.4, 0.5) is 0 Å². The lowest BCUT2D eigenvalue weighted by Gasteiger charge is -2.49. The third kappa shape index (κ3) is 3.00. The third-order valence-electron chi connectivity index (χ3n) is 5.94. The predicted octanol–water partition coefficient (Wildman–Crippen LogP) is 3.89. The van der Waals surface area contributed by atoms with Crippen molar-refractivity contribution in [3.63, 3.8) is 0 Å². The number of hydrogen-bond acceptors (Lipinski definition) is 2. The second kappa shape index (κ2) is 6.13. The van der Waals surface area contributed by atoms with Crippen molar-refractivity contribution < 1.29 is 4.74 Å². The molecular weight excluding hydrogens is 234 g/mol. The normalized spacial score (nSPS) is 38.7. The molecule has 1 aliphatic heterocycles. The molecule has 0 bridgehead atoms. The Balaban J connectivity index is 1.66. The van der Waals surface area contributed by atoms with E-state index in [0.717, 1.165) is 31.0 Å². The molecule has 1 spiro atoms. The Kier molecular flexibility index (Phi) is 4.48. The molecule has 2 aliphatic carbocycles. The quantitative estimate of drug-likeness (QED) is 0.782. The van der Waals surface area contributed by atoms with Crippen molar-refractivity contribution in [1.82, 2.24) is 5.32 Å². The molecule has 0 amide bonds. The Hall–Kier alpha value is -0.0800. The molecule has 2 saturated carbocycles. The standard InChI is InChI=1S/C17H31NO/c1-2-18-16-8-5-3-4-7-15(16)14-9-12-19-17(13-14)10-6-11-17/h14-16,18H,2-13H2,1H3. The summed E-state index contributed by atoms with van der Waals surface area (Å²) in [6, 6.07) is 0.785. The molecule has 2 nitrogen and oxygen atoms in total. The topological polar surface area (TPSA) is 21.3 Å². The van der Waals surface area contributed by atoms with E-state index in [0.29, 0.717) is 5.60 Å². The van der Waals surface area contributed by atoms with Crippen molar-refractivity contribution in [2.75, 3.05) is 13.2 Å². The van der Waals surface area contributed by atoms with E-state index in [1.54, 1.807) is 0 Å². The summed E-state index contributed by atoms with van der Waals surface area (Å²) >= 11 is 0. The van der Waals surface area contributed by atoms with E-state index in [4.69, 9.17) is 4.74 Å². The van der Waals surface area contributed by atoms with Crippen molar-refractivity contribution in [3.05, 3.63) is 0 Å². The maximum atomic E-state index is 6.13. The van der Waals surface area contributed by atoms with Gasteiger partial charge in [0.25, 0.3) is 0 Å². The van der Waals surface area contributed by atoms with Gasteiger partial charge in [0.15, 0.2) is 0 Å². The molecule has 0 radical (unpaired) electrons. The van der Waals surface area contributed by atoms with Gasteiger partial charge in [0.2, 0.25) is 0 Å². The predicted molar refractivity (Wildman–Crippen MR) is 79.3 cm³/mol. The largest absolute Gasteiger partial charge is 0.375 e. The highest BCUT2D eigenvalue weighted by molar-refractivity contribution is 4.97. The van der Waals surface area contributed by atoms with Crippen LogP contribution in [0.25, 0.3) is 0 Å². The molecule has 1 N–H and O–H groups in total. The lowest BCUT2D eigenvalue weighted by molar-refractivity contribution is -0.152. The van der Waals surface area contributed by atoms with Crippen molar-refractivity contribution >= 4 is 0 Å². The van der Waals surface area contributed by atoms with E-state index in [-0.39, 0.29) is 0 Å². The Bertz CT molecular complexity index is 287. The van der Waals surface area contributed by atoms with Crippen LogP contribution in [0.5, 0.6) is 0 Å². The molecule has 1 heterocycles. The first kappa shape index (κ1) is 13.9. The molecule has 3 fully saturated rings. The van der Waals surface area contributed by atoms with Crippen molar-refractivity contribution in [2.45, 2.75) is 82.8 Å². The van der Waals surface area contributed by atoms with Gasteiger partial charge in [-0.25, -0.2) is 0 Å². The van der Waals surface area contributed by atoms with Crippen LogP contribution in [-0.4, -0.2) is 24.8 Å². The highest BCUT2D eigenvalue weighted by Crippen LogP contribution is 2.47. The minimum Gasteiger partial charge on any atom is -0.375 e. The summed E-state index contributed by atoms with van der Waals surface area (Å²) in [5.74, 6) is 1.85. The van der Waals surface area contributed by atoms with E-state index in [9.17, 15) is 0 Å². The van der Waals surface area contributed by atoms with Crippen LogP contribution in [0.3, 0.4) is 0 Å². The summed E-state index contributed by atoms with van der Waals surface area (Å²) < 4.78 is 6.13. The third-order valence-corrected chi connectivity index (χ3v) is 5.94. The van der Waals surface area contributed by atoms with Gasteiger partial charge in [0, 0.05) is 12.6 Å². The molecule has 0 aromatic heterocycles. The van der Waals surface area contributed by atoms with Crippen molar-refractivity contribution in [3.8, 4) is 0 Å². The Morgan fingerprint density at radius 1 is 1.05 bits per heavy atom. The fraction of sp³-hybridized carbons (Fsp3) is 1.00. The van der Waals surface area contributed by atoms with Gasteiger partial charge in [0.05, 0.1) is 5.60 Å². The molecule has 3 unspecified atom stereocenters. The van der Waals surface area contributed by atoms with Crippen LogP contribution in [0.1, 0.15) is 71.1 Å². The number of rotatable bonds is 3. The molecule has 0 aromatic rings. The zero-order valence-electron chi connectivity index (χ0n) is 12.6. The van der Waals surface area contributed by atoms with Crippen molar-refractivity contribution in [2.24, 2.45) is 11.8 Å². The lowest BCUT2D eigenvalue weighted by atomic mass is 9.67. The fourth-order valence-corrected chi connectivity index (χ4v) is 4.77. The molecular formula is C17H31NO. The van der Waals surface area contributed by atoms with E-state index in [2.05, 4.69) is 12.2 Å². The van der Waals surface area contributed by atoms with Gasteiger partial charge in [-0.05, 0) is 63.3 Å². The molecule has 2 heteroatoms. The van der Waals surface area contributed by atoms with E-state index >= 15 is 0 Å². The maximum absolute atomic E-state index is 6.13. The SMILES string of the molecule is CCNC1CCCCCC1C1CCOC2(CCC2)C1. The van der Waals surface area contributed by atoms with Crippen molar-refractivity contribution in [1.29, 1.82) is 0 Å². The highest BCUT2D eigenvalue weighted by Gasteiger charge is 2.45. The monoisotopic (exact) mass is 265 g/mol. The second-order valence-electron chi connectivity index (χ2n) is 7.10. The molecule has 110 valence electrons. The Morgan fingerprint density at radius 2 is 1.89 bits per heavy atom. The minimum absolute atomic E-state index is 0.325. The van der Waals surface area contributed by atoms with Gasteiger partial charge >= 0.3 is 0 Å². The summed E-state index contributed by atoms with van der Waals surface area (Å²) in [4.78, 5) is 0. The first-order chi connectivity index (χ1) is 9.33. The fourth-order valence-electron chi connectivity index (χ4n) is 4.77. The van der Waals surface area contributed by atoms with Gasteiger partial charge < -0.3 is 10.1 Å². The van der Waals surface area contributed by atoms with Gasteiger partial charge in [0.1, 0.15) is 0 Å². The molecule has 3 aliphatic rings. The lowest BCUT2D eigenvalue weighted by Crippen LogP contribution is -2.49. The molecule has 19 heavy (non-hydrogen) atoms. The summed E-state index contributed by atoms with van der Waals surface area (Å²) in [7, 11) is 0. The van der Waals surface area contributed by atoms with E-state index in [1.165, 1.54) is 64.2 Å². The summed E-state index contributed by atoms with van der Waals surface area (Å²) in [5, 5.41) is 3.79. The van der Waals surface area contributed by atoms with Gasteiger partial charge in [-0.15, -0.1) is 0 Å².